The Morgan fingerprint density at radius 1 is 1.64 bits per heavy atom. The summed E-state index contributed by atoms with van der Waals surface area (Å²) in [6, 6.07) is 2.02. The summed E-state index contributed by atoms with van der Waals surface area (Å²) in [5, 5.41) is 1.96. The lowest BCUT2D eigenvalue weighted by Crippen LogP contribution is -2.36. The minimum atomic E-state index is -1.14. The lowest BCUT2D eigenvalue weighted by atomic mass is 9.81. The largest absolute Gasteiger partial charge is 0.328 e. The van der Waals surface area contributed by atoms with Crippen molar-refractivity contribution in [1.29, 1.82) is 0 Å². The second-order valence-electron chi connectivity index (χ2n) is 4.25. The van der Waals surface area contributed by atoms with Gasteiger partial charge in [-0.05, 0) is 43.2 Å². The fraction of sp³-hybridized carbons (Fsp3) is 0.636. The molecule has 0 aromatic carbocycles. The van der Waals surface area contributed by atoms with E-state index in [1.165, 1.54) is 11.3 Å². The third kappa shape index (κ3) is 1.71. The quantitative estimate of drug-likeness (QED) is 0.762. The second kappa shape index (κ2) is 3.63. The number of thiophene rings is 1. The van der Waals surface area contributed by atoms with E-state index in [9.17, 15) is 4.39 Å². The Morgan fingerprint density at radius 2 is 2.43 bits per heavy atom. The third-order valence-electron chi connectivity index (χ3n) is 3.00. The fourth-order valence-electron chi connectivity index (χ4n) is 2.30. The van der Waals surface area contributed by atoms with Crippen molar-refractivity contribution >= 4 is 11.3 Å². The van der Waals surface area contributed by atoms with Gasteiger partial charge in [0.2, 0.25) is 0 Å². The third-order valence-corrected chi connectivity index (χ3v) is 4.20. The molecule has 1 aliphatic rings. The van der Waals surface area contributed by atoms with E-state index in [0.717, 1.165) is 23.3 Å². The molecule has 1 aliphatic carbocycles. The topological polar surface area (TPSA) is 26.0 Å². The van der Waals surface area contributed by atoms with Gasteiger partial charge in [-0.1, -0.05) is 0 Å². The normalized spacial score (nSPS) is 33.2. The first-order chi connectivity index (χ1) is 6.62. The van der Waals surface area contributed by atoms with Crippen molar-refractivity contribution < 1.29 is 4.39 Å². The molecule has 1 aromatic rings. The number of hydrogen-bond donors (Lipinski definition) is 1. The lowest BCUT2D eigenvalue weighted by Gasteiger charge is -2.32. The van der Waals surface area contributed by atoms with Crippen LogP contribution in [0.2, 0.25) is 0 Å². The summed E-state index contributed by atoms with van der Waals surface area (Å²) in [4.78, 5) is 0.896. The second-order valence-corrected chi connectivity index (χ2v) is 5.17. The van der Waals surface area contributed by atoms with E-state index >= 15 is 0 Å². The number of halogens is 1. The molecule has 1 fully saturated rings. The SMILES string of the molecule is Cc1ccsc1C1(F)CCCC(N)C1. The van der Waals surface area contributed by atoms with Gasteiger partial charge in [0.25, 0.3) is 0 Å². The highest BCUT2D eigenvalue weighted by Crippen LogP contribution is 2.43. The van der Waals surface area contributed by atoms with Crippen molar-refractivity contribution in [2.24, 2.45) is 5.73 Å². The maximum atomic E-state index is 14.6. The molecule has 0 aliphatic heterocycles. The Balaban J connectivity index is 2.27. The fourth-order valence-corrected chi connectivity index (χ4v) is 3.36. The molecule has 2 N–H and O–H groups in total. The summed E-state index contributed by atoms with van der Waals surface area (Å²) >= 11 is 1.53. The van der Waals surface area contributed by atoms with E-state index in [0.29, 0.717) is 12.8 Å². The van der Waals surface area contributed by atoms with Crippen LogP contribution < -0.4 is 5.73 Å². The van der Waals surface area contributed by atoms with Gasteiger partial charge < -0.3 is 5.73 Å². The van der Waals surface area contributed by atoms with Gasteiger partial charge in [-0.2, -0.15) is 0 Å². The molecule has 1 heterocycles. The van der Waals surface area contributed by atoms with Crippen LogP contribution in [-0.2, 0) is 5.67 Å². The lowest BCUT2D eigenvalue weighted by molar-refractivity contribution is 0.0982. The van der Waals surface area contributed by atoms with Crippen molar-refractivity contribution in [2.45, 2.75) is 44.3 Å². The zero-order valence-corrected chi connectivity index (χ0v) is 9.24. The smallest absolute Gasteiger partial charge is 0.146 e. The maximum absolute atomic E-state index is 14.6. The zero-order chi connectivity index (χ0) is 10.2. The number of rotatable bonds is 1. The molecule has 14 heavy (non-hydrogen) atoms. The molecule has 1 saturated carbocycles. The molecule has 1 nitrogen and oxygen atoms in total. The van der Waals surface area contributed by atoms with Gasteiger partial charge in [-0.15, -0.1) is 11.3 Å². The first-order valence-electron chi connectivity index (χ1n) is 5.11. The standard InChI is InChI=1S/C11H16FNS/c1-8-4-6-14-10(8)11(12)5-2-3-9(13)7-11/h4,6,9H,2-3,5,7,13H2,1H3. The van der Waals surface area contributed by atoms with Crippen molar-refractivity contribution in [2.75, 3.05) is 0 Å². The van der Waals surface area contributed by atoms with Gasteiger partial charge in [0.05, 0.1) is 0 Å². The van der Waals surface area contributed by atoms with Crippen LogP contribution in [0, 0.1) is 6.92 Å². The molecular weight excluding hydrogens is 197 g/mol. The Hall–Kier alpha value is -0.410. The minimum absolute atomic E-state index is 0.0373. The first kappa shape index (κ1) is 10.1. The van der Waals surface area contributed by atoms with Gasteiger partial charge in [-0.3, -0.25) is 0 Å². The summed E-state index contributed by atoms with van der Waals surface area (Å²) in [7, 11) is 0. The Labute approximate surface area is 88.1 Å². The molecule has 78 valence electrons. The maximum Gasteiger partial charge on any atom is 0.146 e. The van der Waals surface area contributed by atoms with Crippen molar-refractivity contribution in [3.05, 3.63) is 21.9 Å². The average Bonchev–Trinajstić information content (AvgIpc) is 2.51. The minimum Gasteiger partial charge on any atom is -0.328 e. The van der Waals surface area contributed by atoms with E-state index in [1.54, 1.807) is 0 Å². The van der Waals surface area contributed by atoms with Crippen LogP contribution in [-0.4, -0.2) is 6.04 Å². The van der Waals surface area contributed by atoms with E-state index < -0.39 is 5.67 Å². The summed E-state index contributed by atoms with van der Waals surface area (Å²) in [5.41, 5.74) is 5.76. The Kier molecular flexibility index (Phi) is 2.62. The monoisotopic (exact) mass is 213 g/mol. The van der Waals surface area contributed by atoms with Crippen molar-refractivity contribution in [3.63, 3.8) is 0 Å². The van der Waals surface area contributed by atoms with Crippen molar-refractivity contribution in [3.8, 4) is 0 Å². The predicted molar refractivity (Wildman–Crippen MR) is 58.3 cm³/mol. The molecule has 2 unspecified atom stereocenters. The Morgan fingerprint density at radius 3 is 3.00 bits per heavy atom. The van der Waals surface area contributed by atoms with Crippen LogP contribution in [0.5, 0.6) is 0 Å². The average molecular weight is 213 g/mol. The van der Waals surface area contributed by atoms with Gasteiger partial charge >= 0.3 is 0 Å². The predicted octanol–water partition coefficient (Wildman–Crippen LogP) is 3.12. The summed E-state index contributed by atoms with van der Waals surface area (Å²) in [6.45, 7) is 1.98. The van der Waals surface area contributed by atoms with E-state index in [1.807, 2.05) is 18.4 Å². The van der Waals surface area contributed by atoms with Crippen LogP contribution in [0.1, 0.15) is 36.1 Å². The molecule has 0 spiro atoms. The number of nitrogens with two attached hydrogens (primary N) is 1. The molecule has 2 atom stereocenters. The van der Waals surface area contributed by atoms with E-state index in [4.69, 9.17) is 5.73 Å². The van der Waals surface area contributed by atoms with Crippen LogP contribution >= 0.6 is 11.3 Å². The van der Waals surface area contributed by atoms with Crippen molar-refractivity contribution in [1.82, 2.24) is 0 Å². The molecule has 3 heteroatoms. The van der Waals surface area contributed by atoms with E-state index in [-0.39, 0.29) is 6.04 Å². The first-order valence-corrected chi connectivity index (χ1v) is 5.99. The highest BCUT2D eigenvalue weighted by molar-refractivity contribution is 7.10. The van der Waals surface area contributed by atoms with Crippen LogP contribution in [0.3, 0.4) is 0 Å². The molecule has 1 aromatic heterocycles. The van der Waals surface area contributed by atoms with Gasteiger partial charge in [-0.25, -0.2) is 4.39 Å². The van der Waals surface area contributed by atoms with E-state index in [2.05, 4.69) is 0 Å². The number of hydrogen-bond acceptors (Lipinski definition) is 2. The molecule has 2 rings (SSSR count). The molecule has 0 bridgehead atoms. The number of aryl methyl sites for hydroxylation is 1. The highest BCUT2D eigenvalue weighted by atomic mass is 32.1. The van der Waals surface area contributed by atoms with Crippen LogP contribution in [0.25, 0.3) is 0 Å². The number of alkyl halides is 1. The zero-order valence-electron chi connectivity index (χ0n) is 8.42. The Bertz CT molecular complexity index is 323. The van der Waals surface area contributed by atoms with Gasteiger partial charge in [0.1, 0.15) is 5.67 Å². The van der Waals surface area contributed by atoms with Crippen LogP contribution in [0.15, 0.2) is 11.4 Å². The summed E-state index contributed by atoms with van der Waals surface area (Å²) < 4.78 is 14.6. The molecule has 0 radical (unpaired) electrons. The molecule has 0 amide bonds. The van der Waals surface area contributed by atoms with Gasteiger partial charge in [0.15, 0.2) is 0 Å². The highest BCUT2D eigenvalue weighted by Gasteiger charge is 2.38. The molecule has 0 saturated heterocycles. The molecular formula is C11H16FNS. The van der Waals surface area contributed by atoms with Gasteiger partial charge in [0, 0.05) is 17.3 Å². The summed E-state index contributed by atoms with van der Waals surface area (Å²) in [5.74, 6) is 0. The van der Waals surface area contributed by atoms with Crippen LogP contribution in [0.4, 0.5) is 4.39 Å². The summed E-state index contributed by atoms with van der Waals surface area (Å²) in [6.07, 6.45) is 3.02.